The molecule has 1 N–H and O–H groups in total. The first kappa shape index (κ1) is 6.39. The zero-order chi connectivity index (χ0) is 7.02. The molecule has 1 rings (SSSR count). The number of hydrogen-bond donors (Lipinski definition) is 1. The molecule has 52 valence electrons. The highest BCUT2D eigenvalue weighted by molar-refractivity contribution is 5.66. The Hall–Kier alpha value is -0.730. The van der Waals surface area contributed by atoms with Crippen molar-refractivity contribution in [2.24, 2.45) is 5.92 Å². The highest BCUT2D eigenvalue weighted by atomic mass is 16.4. The van der Waals surface area contributed by atoms with Crippen LogP contribution in [0.3, 0.4) is 0 Å². The van der Waals surface area contributed by atoms with Gasteiger partial charge in [-0.3, -0.25) is 0 Å². The number of carboxylic acid groups (broad SMARTS) is 1. The summed E-state index contributed by atoms with van der Waals surface area (Å²) in [6.45, 7) is 4.70. The zero-order valence-electron chi connectivity index (χ0n) is 5.66. The summed E-state index contributed by atoms with van der Waals surface area (Å²) >= 11 is 0. The Morgan fingerprint density at radius 3 is 2.33 bits per heavy atom. The van der Waals surface area contributed by atoms with Crippen LogP contribution in [0.1, 0.15) is 13.8 Å². The molecule has 0 spiro atoms. The van der Waals surface area contributed by atoms with E-state index in [-0.39, 0.29) is 6.04 Å². The van der Waals surface area contributed by atoms with Gasteiger partial charge in [-0.2, -0.15) is 0 Å². The number of rotatable bonds is 0. The maximum Gasteiger partial charge on any atom is 0.407 e. The first-order valence-corrected chi connectivity index (χ1v) is 3.12. The standard InChI is InChI=1S/C6H11NO2/c1-4-3-7(5(4)2)6(8)9/h4-5H,3H2,1-2H3,(H,8,9). The molecule has 0 aromatic carbocycles. The highest BCUT2D eigenvalue weighted by Gasteiger charge is 2.34. The van der Waals surface area contributed by atoms with Gasteiger partial charge in [0.2, 0.25) is 0 Å². The Morgan fingerprint density at radius 2 is 2.22 bits per heavy atom. The van der Waals surface area contributed by atoms with Gasteiger partial charge in [0.15, 0.2) is 0 Å². The third-order valence-electron chi connectivity index (χ3n) is 2.05. The molecule has 0 bridgehead atoms. The smallest absolute Gasteiger partial charge is 0.407 e. The highest BCUT2D eigenvalue weighted by Crippen LogP contribution is 2.22. The van der Waals surface area contributed by atoms with Crippen molar-refractivity contribution in [2.45, 2.75) is 19.9 Å². The molecule has 1 aliphatic heterocycles. The lowest BCUT2D eigenvalue weighted by atomic mass is 9.93. The van der Waals surface area contributed by atoms with Gasteiger partial charge in [-0.1, -0.05) is 6.92 Å². The topological polar surface area (TPSA) is 40.5 Å². The van der Waals surface area contributed by atoms with Crippen LogP contribution in [0, 0.1) is 5.92 Å². The molecule has 0 aromatic rings. The molecule has 3 heteroatoms. The van der Waals surface area contributed by atoms with Crippen LogP contribution in [-0.2, 0) is 0 Å². The van der Waals surface area contributed by atoms with Crippen LogP contribution in [0.4, 0.5) is 4.79 Å². The largest absolute Gasteiger partial charge is 0.465 e. The summed E-state index contributed by atoms with van der Waals surface area (Å²) in [6, 6.07) is 0.225. The van der Waals surface area contributed by atoms with Crippen LogP contribution in [-0.4, -0.2) is 28.7 Å². The number of nitrogens with zero attached hydrogens (tertiary/aromatic N) is 1. The minimum absolute atomic E-state index is 0.225. The third-order valence-corrected chi connectivity index (χ3v) is 2.05. The summed E-state index contributed by atoms with van der Waals surface area (Å²) in [5.41, 5.74) is 0. The van der Waals surface area contributed by atoms with Crippen LogP contribution in [0.15, 0.2) is 0 Å². The fourth-order valence-corrected chi connectivity index (χ4v) is 1.05. The van der Waals surface area contributed by atoms with Gasteiger partial charge in [0, 0.05) is 12.6 Å². The summed E-state index contributed by atoms with van der Waals surface area (Å²) in [7, 11) is 0. The molecule has 0 saturated carbocycles. The number of hydrogen-bond acceptors (Lipinski definition) is 1. The summed E-state index contributed by atoms with van der Waals surface area (Å²) in [5.74, 6) is 0.543. The lowest BCUT2D eigenvalue weighted by molar-refractivity contribution is 0.0413. The number of amides is 1. The van der Waals surface area contributed by atoms with Crippen molar-refractivity contribution < 1.29 is 9.90 Å². The van der Waals surface area contributed by atoms with E-state index >= 15 is 0 Å². The van der Waals surface area contributed by atoms with Gasteiger partial charge in [-0.25, -0.2) is 4.79 Å². The van der Waals surface area contributed by atoms with E-state index in [0.717, 1.165) is 0 Å². The van der Waals surface area contributed by atoms with Gasteiger partial charge in [0.1, 0.15) is 0 Å². The Morgan fingerprint density at radius 1 is 1.67 bits per heavy atom. The van der Waals surface area contributed by atoms with E-state index in [0.29, 0.717) is 12.5 Å². The SMILES string of the molecule is CC1CN(C(=O)O)C1C. The molecule has 1 heterocycles. The molecule has 2 atom stereocenters. The van der Waals surface area contributed by atoms with Crippen LogP contribution in [0.2, 0.25) is 0 Å². The quantitative estimate of drug-likeness (QED) is 0.530. The number of likely N-dealkylation sites (tertiary alicyclic amines) is 1. The minimum Gasteiger partial charge on any atom is -0.465 e. The summed E-state index contributed by atoms with van der Waals surface area (Å²) in [5, 5.41) is 8.45. The normalized spacial score (nSPS) is 33.8. The van der Waals surface area contributed by atoms with Gasteiger partial charge in [-0.15, -0.1) is 0 Å². The molecule has 0 radical (unpaired) electrons. The Balaban J connectivity index is 2.42. The van der Waals surface area contributed by atoms with Gasteiger partial charge in [0.05, 0.1) is 0 Å². The van der Waals surface area contributed by atoms with Crippen molar-refractivity contribution in [3.63, 3.8) is 0 Å². The minimum atomic E-state index is -0.791. The third kappa shape index (κ3) is 0.866. The van der Waals surface area contributed by atoms with Gasteiger partial charge >= 0.3 is 6.09 Å². The maximum atomic E-state index is 10.3. The predicted octanol–water partition coefficient (Wildman–Crippen LogP) is 1.00. The van der Waals surface area contributed by atoms with E-state index in [1.54, 1.807) is 0 Å². The molecular formula is C6H11NO2. The molecule has 1 saturated heterocycles. The lowest BCUT2D eigenvalue weighted by Crippen LogP contribution is -2.55. The molecule has 0 aromatic heterocycles. The predicted molar refractivity (Wildman–Crippen MR) is 33.4 cm³/mol. The molecule has 1 fully saturated rings. The second-order valence-electron chi connectivity index (χ2n) is 2.65. The van der Waals surface area contributed by atoms with Crippen molar-refractivity contribution in [1.82, 2.24) is 4.90 Å². The van der Waals surface area contributed by atoms with Crippen LogP contribution in [0.25, 0.3) is 0 Å². The lowest BCUT2D eigenvalue weighted by Gasteiger charge is -2.42. The first-order chi connectivity index (χ1) is 4.13. The van der Waals surface area contributed by atoms with Crippen molar-refractivity contribution in [1.29, 1.82) is 0 Å². The molecule has 3 nitrogen and oxygen atoms in total. The first-order valence-electron chi connectivity index (χ1n) is 3.12. The molecule has 9 heavy (non-hydrogen) atoms. The second-order valence-corrected chi connectivity index (χ2v) is 2.65. The van der Waals surface area contributed by atoms with E-state index in [4.69, 9.17) is 5.11 Å². The Bertz CT molecular complexity index is 135. The van der Waals surface area contributed by atoms with E-state index in [9.17, 15) is 4.79 Å². The van der Waals surface area contributed by atoms with E-state index in [1.807, 2.05) is 6.92 Å². The van der Waals surface area contributed by atoms with Crippen LogP contribution >= 0.6 is 0 Å². The average Bonchev–Trinajstić information content (AvgIpc) is 1.81. The molecule has 1 aliphatic rings. The van der Waals surface area contributed by atoms with Crippen molar-refractivity contribution in [3.8, 4) is 0 Å². The summed E-state index contributed by atoms with van der Waals surface area (Å²) in [6.07, 6.45) is -0.791. The van der Waals surface area contributed by atoms with Crippen LogP contribution < -0.4 is 0 Å². The monoisotopic (exact) mass is 129 g/mol. The maximum absolute atomic E-state index is 10.3. The van der Waals surface area contributed by atoms with E-state index < -0.39 is 6.09 Å². The Labute approximate surface area is 54.3 Å². The molecular weight excluding hydrogens is 118 g/mol. The average molecular weight is 129 g/mol. The molecule has 2 unspecified atom stereocenters. The van der Waals surface area contributed by atoms with Gasteiger partial charge < -0.3 is 10.0 Å². The fourth-order valence-electron chi connectivity index (χ4n) is 1.05. The van der Waals surface area contributed by atoms with Crippen molar-refractivity contribution in [2.75, 3.05) is 6.54 Å². The Kier molecular flexibility index (Phi) is 1.35. The fraction of sp³-hybridized carbons (Fsp3) is 0.833. The van der Waals surface area contributed by atoms with Crippen molar-refractivity contribution in [3.05, 3.63) is 0 Å². The molecule has 1 amide bonds. The van der Waals surface area contributed by atoms with E-state index in [1.165, 1.54) is 4.90 Å². The van der Waals surface area contributed by atoms with Gasteiger partial charge in [-0.05, 0) is 12.8 Å². The van der Waals surface area contributed by atoms with Gasteiger partial charge in [0.25, 0.3) is 0 Å². The summed E-state index contributed by atoms with van der Waals surface area (Å²) < 4.78 is 0. The van der Waals surface area contributed by atoms with E-state index in [2.05, 4.69) is 6.92 Å². The van der Waals surface area contributed by atoms with Crippen LogP contribution in [0.5, 0.6) is 0 Å². The summed E-state index contributed by atoms with van der Waals surface area (Å²) in [4.78, 5) is 11.7. The number of carbonyl (C=O) groups is 1. The zero-order valence-corrected chi connectivity index (χ0v) is 5.66. The molecule has 0 aliphatic carbocycles. The second kappa shape index (κ2) is 1.90. The van der Waals surface area contributed by atoms with Crippen molar-refractivity contribution >= 4 is 6.09 Å².